The van der Waals surface area contributed by atoms with Crippen molar-refractivity contribution in [2.75, 3.05) is 39.3 Å². The Morgan fingerprint density at radius 3 is 1.62 bits per heavy atom. The average Bonchev–Trinajstić information content (AvgIpc) is 3.14. The molecule has 0 bridgehead atoms. The molecule has 3 aromatic carbocycles. The number of carbonyl (C=O) groups is 2. The maximum atomic E-state index is 12.5. The fraction of sp³-hybridized carbons (Fsp3) is 0.241. The summed E-state index contributed by atoms with van der Waals surface area (Å²) in [4.78, 5) is 31.0. The van der Waals surface area contributed by atoms with Crippen LogP contribution in [0, 0.1) is 11.8 Å². The SMILES string of the molecule is O=C1c2ccccc2C(=O)N1CC#CCN1CCN(C(c2ccccc2)c2ccccc2)CC1. The zero-order valence-electron chi connectivity index (χ0n) is 19.1. The van der Waals surface area contributed by atoms with Gasteiger partial charge >= 0.3 is 0 Å². The first kappa shape index (κ1) is 22.1. The van der Waals surface area contributed by atoms with Gasteiger partial charge in [0, 0.05) is 26.2 Å². The predicted octanol–water partition coefficient (Wildman–Crippen LogP) is 3.69. The Morgan fingerprint density at radius 2 is 1.09 bits per heavy atom. The highest BCUT2D eigenvalue weighted by atomic mass is 16.2. The molecule has 0 unspecified atom stereocenters. The van der Waals surface area contributed by atoms with Crippen LogP contribution in [0.25, 0.3) is 0 Å². The number of amides is 2. The zero-order valence-corrected chi connectivity index (χ0v) is 19.1. The molecular weight excluding hydrogens is 422 g/mol. The highest BCUT2D eigenvalue weighted by molar-refractivity contribution is 6.21. The van der Waals surface area contributed by atoms with Gasteiger partial charge in [-0.25, -0.2) is 0 Å². The van der Waals surface area contributed by atoms with Crippen LogP contribution >= 0.6 is 0 Å². The van der Waals surface area contributed by atoms with Crippen molar-refractivity contribution in [3.63, 3.8) is 0 Å². The summed E-state index contributed by atoms with van der Waals surface area (Å²) < 4.78 is 0. The maximum absolute atomic E-state index is 12.5. The van der Waals surface area contributed by atoms with Gasteiger partial charge in [-0.2, -0.15) is 0 Å². The summed E-state index contributed by atoms with van der Waals surface area (Å²) in [5.74, 6) is 5.70. The van der Waals surface area contributed by atoms with E-state index in [0.717, 1.165) is 26.2 Å². The number of rotatable bonds is 5. The van der Waals surface area contributed by atoms with Crippen LogP contribution in [0.1, 0.15) is 37.9 Å². The number of hydrogen-bond donors (Lipinski definition) is 0. The molecule has 0 saturated carbocycles. The van der Waals surface area contributed by atoms with Crippen LogP contribution in [0.3, 0.4) is 0 Å². The van der Waals surface area contributed by atoms with E-state index >= 15 is 0 Å². The van der Waals surface area contributed by atoms with E-state index < -0.39 is 0 Å². The topological polar surface area (TPSA) is 43.9 Å². The summed E-state index contributed by atoms with van der Waals surface area (Å²) in [6.45, 7) is 4.54. The van der Waals surface area contributed by atoms with Crippen molar-refractivity contribution in [1.29, 1.82) is 0 Å². The second-order valence-corrected chi connectivity index (χ2v) is 8.63. The van der Waals surface area contributed by atoms with Crippen molar-refractivity contribution < 1.29 is 9.59 Å². The summed E-state index contributed by atoms with van der Waals surface area (Å²) in [6.07, 6.45) is 0. The Kier molecular flexibility index (Phi) is 6.53. The molecule has 34 heavy (non-hydrogen) atoms. The van der Waals surface area contributed by atoms with Gasteiger partial charge in [-0.3, -0.25) is 24.3 Å². The zero-order chi connectivity index (χ0) is 23.3. The summed E-state index contributed by atoms with van der Waals surface area (Å²) in [5.41, 5.74) is 3.55. The quantitative estimate of drug-likeness (QED) is 0.440. The molecule has 2 amide bonds. The fourth-order valence-corrected chi connectivity index (χ4v) is 4.75. The number of nitrogens with zero attached hydrogens (tertiary/aromatic N) is 3. The monoisotopic (exact) mass is 449 g/mol. The van der Waals surface area contributed by atoms with Crippen LogP contribution in [0.15, 0.2) is 84.9 Å². The first-order valence-electron chi connectivity index (χ1n) is 11.7. The Morgan fingerprint density at radius 1 is 0.618 bits per heavy atom. The van der Waals surface area contributed by atoms with Crippen molar-refractivity contribution in [3.8, 4) is 11.8 Å². The van der Waals surface area contributed by atoms with E-state index in [4.69, 9.17) is 0 Å². The average molecular weight is 450 g/mol. The summed E-state index contributed by atoms with van der Waals surface area (Å²) in [6, 6.07) is 28.5. The molecule has 1 saturated heterocycles. The summed E-state index contributed by atoms with van der Waals surface area (Å²) >= 11 is 0. The van der Waals surface area contributed by atoms with E-state index in [1.165, 1.54) is 16.0 Å². The van der Waals surface area contributed by atoms with Gasteiger partial charge in [0.05, 0.1) is 30.3 Å². The van der Waals surface area contributed by atoms with Crippen LogP contribution in [0.2, 0.25) is 0 Å². The third-order valence-electron chi connectivity index (χ3n) is 6.55. The molecule has 0 atom stereocenters. The number of fused-ring (bicyclic) bond motifs is 1. The van der Waals surface area contributed by atoms with Crippen molar-refractivity contribution in [1.82, 2.24) is 14.7 Å². The number of imide groups is 1. The van der Waals surface area contributed by atoms with Crippen molar-refractivity contribution in [2.45, 2.75) is 6.04 Å². The third-order valence-corrected chi connectivity index (χ3v) is 6.55. The lowest BCUT2D eigenvalue weighted by atomic mass is 9.96. The molecule has 2 aliphatic heterocycles. The molecule has 5 rings (SSSR count). The molecule has 5 nitrogen and oxygen atoms in total. The van der Waals surface area contributed by atoms with Crippen molar-refractivity contribution in [3.05, 3.63) is 107 Å². The Hall–Kier alpha value is -3.72. The standard InChI is InChI=1S/C29H27N3O2/c33-28-25-15-7-8-16-26(25)29(34)32(28)18-10-9-17-30-19-21-31(22-20-30)27(23-11-3-1-4-12-23)24-13-5-2-6-14-24/h1-8,11-16,27H,17-22H2. The Bertz CT molecular complexity index is 1150. The second-order valence-electron chi connectivity index (χ2n) is 8.63. The first-order chi connectivity index (χ1) is 16.7. The van der Waals surface area contributed by atoms with Gasteiger partial charge in [0.1, 0.15) is 0 Å². The summed E-state index contributed by atoms with van der Waals surface area (Å²) in [5, 5.41) is 0. The second kappa shape index (κ2) is 10.0. The Labute approximate surface area is 200 Å². The number of benzene rings is 3. The van der Waals surface area contributed by atoms with Crippen LogP contribution in [0.5, 0.6) is 0 Å². The van der Waals surface area contributed by atoms with Crippen LogP contribution < -0.4 is 0 Å². The molecule has 0 aromatic heterocycles. The molecule has 1 fully saturated rings. The lowest BCUT2D eigenvalue weighted by molar-refractivity contribution is 0.0674. The minimum Gasteiger partial charge on any atom is -0.290 e. The van der Waals surface area contributed by atoms with Crippen molar-refractivity contribution >= 4 is 11.8 Å². The molecule has 2 aliphatic rings. The smallest absolute Gasteiger partial charge is 0.262 e. The number of piperazine rings is 1. The van der Waals surface area contributed by atoms with E-state index in [9.17, 15) is 9.59 Å². The molecule has 3 aromatic rings. The van der Waals surface area contributed by atoms with Crippen LogP contribution in [0.4, 0.5) is 0 Å². The first-order valence-corrected chi connectivity index (χ1v) is 11.7. The molecule has 2 heterocycles. The highest BCUT2D eigenvalue weighted by Crippen LogP contribution is 2.29. The van der Waals surface area contributed by atoms with Crippen LogP contribution in [-0.2, 0) is 0 Å². The Balaban J connectivity index is 1.18. The summed E-state index contributed by atoms with van der Waals surface area (Å²) in [7, 11) is 0. The van der Waals surface area contributed by atoms with Gasteiger partial charge < -0.3 is 0 Å². The lowest BCUT2D eigenvalue weighted by Gasteiger charge is -2.39. The van der Waals surface area contributed by atoms with Gasteiger partial charge in [0.15, 0.2) is 0 Å². The van der Waals surface area contributed by atoms with Gasteiger partial charge in [0.25, 0.3) is 11.8 Å². The predicted molar refractivity (Wildman–Crippen MR) is 132 cm³/mol. The lowest BCUT2D eigenvalue weighted by Crippen LogP contribution is -2.47. The van der Waals surface area contributed by atoms with E-state index in [1.807, 2.05) is 0 Å². The number of hydrogen-bond acceptors (Lipinski definition) is 4. The molecule has 0 spiro atoms. The molecule has 0 radical (unpaired) electrons. The molecule has 0 N–H and O–H groups in total. The van der Waals surface area contributed by atoms with Crippen LogP contribution in [-0.4, -0.2) is 65.8 Å². The van der Waals surface area contributed by atoms with Gasteiger partial charge in [-0.15, -0.1) is 0 Å². The fourth-order valence-electron chi connectivity index (χ4n) is 4.75. The minimum absolute atomic E-state index is 0.135. The van der Waals surface area contributed by atoms with E-state index in [0.29, 0.717) is 17.7 Å². The van der Waals surface area contributed by atoms with E-state index in [-0.39, 0.29) is 24.4 Å². The van der Waals surface area contributed by atoms with E-state index in [1.54, 1.807) is 24.3 Å². The van der Waals surface area contributed by atoms with Gasteiger partial charge in [-0.05, 0) is 23.3 Å². The normalized spacial score (nSPS) is 16.4. The van der Waals surface area contributed by atoms with E-state index in [2.05, 4.69) is 82.3 Å². The molecule has 170 valence electrons. The molecule has 0 aliphatic carbocycles. The largest absolute Gasteiger partial charge is 0.290 e. The molecular formula is C29H27N3O2. The van der Waals surface area contributed by atoms with Crippen molar-refractivity contribution in [2.24, 2.45) is 0 Å². The molecule has 5 heteroatoms. The maximum Gasteiger partial charge on any atom is 0.262 e. The number of carbonyl (C=O) groups excluding carboxylic acids is 2. The van der Waals surface area contributed by atoms with Gasteiger partial charge in [-0.1, -0.05) is 84.6 Å². The van der Waals surface area contributed by atoms with Gasteiger partial charge in [0.2, 0.25) is 0 Å². The highest BCUT2D eigenvalue weighted by Gasteiger charge is 2.34. The third kappa shape index (κ3) is 4.51. The minimum atomic E-state index is -0.253.